The van der Waals surface area contributed by atoms with Gasteiger partial charge in [0.15, 0.2) is 11.5 Å². The van der Waals surface area contributed by atoms with Gasteiger partial charge in [-0.3, -0.25) is 0 Å². The molecule has 2 heterocycles. The summed E-state index contributed by atoms with van der Waals surface area (Å²) in [7, 11) is 0. The van der Waals surface area contributed by atoms with Gasteiger partial charge in [-0.1, -0.05) is 26.8 Å². The highest BCUT2D eigenvalue weighted by Crippen LogP contribution is 2.39. The molecule has 1 aromatic carbocycles. The zero-order valence-corrected chi connectivity index (χ0v) is 13.4. The molecule has 2 atom stereocenters. The van der Waals surface area contributed by atoms with Gasteiger partial charge in [0.2, 0.25) is 6.29 Å². The van der Waals surface area contributed by atoms with Crippen molar-refractivity contribution in [2.45, 2.75) is 52.2 Å². The van der Waals surface area contributed by atoms with Crippen molar-refractivity contribution < 1.29 is 9.47 Å². The summed E-state index contributed by atoms with van der Waals surface area (Å²) in [4.78, 5) is 0. The highest BCUT2D eigenvalue weighted by Gasteiger charge is 2.29. The number of hydrogen-bond acceptors (Lipinski definition) is 3. The molecule has 116 valence electrons. The van der Waals surface area contributed by atoms with Crippen LogP contribution in [0, 0.1) is 11.8 Å². The Morgan fingerprint density at radius 3 is 2.52 bits per heavy atom. The minimum absolute atomic E-state index is 0.104. The molecule has 21 heavy (non-hydrogen) atoms. The predicted molar refractivity (Wildman–Crippen MR) is 84.9 cm³/mol. The molecule has 2 aliphatic rings. The van der Waals surface area contributed by atoms with E-state index in [1.165, 1.54) is 18.4 Å². The van der Waals surface area contributed by atoms with E-state index in [4.69, 9.17) is 9.47 Å². The fourth-order valence-electron chi connectivity index (χ4n) is 3.39. The van der Waals surface area contributed by atoms with Crippen LogP contribution in [-0.4, -0.2) is 19.4 Å². The molecule has 3 rings (SSSR count). The van der Waals surface area contributed by atoms with Crippen LogP contribution < -0.4 is 14.8 Å². The Balaban J connectivity index is 1.59. The van der Waals surface area contributed by atoms with Gasteiger partial charge in [0, 0.05) is 6.42 Å². The molecule has 3 nitrogen and oxygen atoms in total. The largest absolute Gasteiger partial charge is 0.451 e. The summed E-state index contributed by atoms with van der Waals surface area (Å²) in [6, 6.07) is 6.33. The van der Waals surface area contributed by atoms with Gasteiger partial charge in [-0.15, -0.1) is 0 Å². The van der Waals surface area contributed by atoms with Crippen molar-refractivity contribution in [1.82, 2.24) is 5.32 Å². The van der Waals surface area contributed by atoms with Crippen LogP contribution in [0.25, 0.3) is 0 Å². The third-order valence-electron chi connectivity index (χ3n) is 4.90. The summed E-state index contributed by atoms with van der Waals surface area (Å²) in [6.45, 7) is 9.05. The first kappa shape index (κ1) is 14.7. The van der Waals surface area contributed by atoms with E-state index in [0.717, 1.165) is 36.9 Å². The maximum absolute atomic E-state index is 6.02. The van der Waals surface area contributed by atoms with Crippen molar-refractivity contribution in [2.24, 2.45) is 11.8 Å². The third kappa shape index (κ3) is 3.34. The lowest BCUT2D eigenvalue weighted by molar-refractivity contribution is 0.0185. The summed E-state index contributed by atoms with van der Waals surface area (Å²) in [5.41, 5.74) is 1.31. The average molecular weight is 289 g/mol. The molecule has 0 aromatic heterocycles. The molecule has 1 aromatic rings. The summed E-state index contributed by atoms with van der Waals surface area (Å²) in [5.74, 6) is 3.79. The van der Waals surface area contributed by atoms with E-state index >= 15 is 0 Å². The zero-order chi connectivity index (χ0) is 14.8. The minimum Gasteiger partial charge on any atom is -0.451 e. The van der Waals surface area contributed by atoms with Crippen LogP contribution in [0.15, 0.2) is 18.2 Å². The third-order valence-corrected chi connectivity index (χ3v) is 4.90. The maximum atomic E-state index is 6.02. The van der Waals surface area contributed by atoms with Gasteiger partial charge in [0.05, 0.1) is 0 Å². The first-order valence-corrected chi connectivity index (χ1v) is 8.31. The van der Waals surface area contributed by atoms with Crippen LogP contribution in [0.4, 0.5) is 0 Å². The second kappa shape index (κ2) is 6.27. The van der Waals surface area contributed by atoms with Gasteiger partial charge >= 0.3 is 0 Å². The van der Waals surface area contributed by atoms with Crippen LogP contribution in [0.2, 0.25) is 0 Å². The lowest BCUT2D eigenvalue weighted by Crippen LogP contribution is -2.33. The number of hydrogen-bond donors (Lipinski definition) is 1. The molecule has 0 radical (unpaired) electrons. The number of nitrogens with one attached hydrogen (secondary N) is 1. The van der Waals surface area contributed by atoms with Gasteiger partial charge in [0.25, 0.3) is 0 Å². The summed E-state index contributed by atoms with van der Waals surface area (Å²) in [6.07, 6.45) is 3.43. The van der Waals surface area contributed by atoms with Crippen LogP contribution in [0.5, 0.6) is 11.5 Å². The Labute approximate surface area is 128 Å². The first-order valence-electron chi connectivity index (χ1n) is 8.31. The van der Waals surface area contributed by atoms with Crippen LogP contribution >= 0.6 is 0 Å². The van der Waals surface area contributed by atoms with Gasteiger partial charge in [0.1, 0.15) is 0 Å². The molecule has 0 spiro atoms. The molecule has 1 fully saturated rings. The Morgan fingerprint density at radius 2 is 1.81 bits per heavy atom. The fraction of sp³-hybridized carbons (Fsp3) is 0.667. The van der Waals surface area contributed by atoms with Crippen LogP contribution in [0.1, 0.15) is 51.5 Å². The zero-order valence-electron chi connectivity index (χ0n) is 13.4. The van der Waals surface area contributed by atoms with Gasteiger partial charge in [-0.05, 0) is 61.4 Å². The summed E-state index contributed by atoms with van der Waals surface area (Å²) < 4.78 is 12.0. The Bertz CT molecular complexity index is 480. The Kier molecular flexibility index (Phi) is 4.39. The second-order valence-corrected chi connectivity index (χ2v) is 6.83. The topological polar surface area (TPSA) is 30.5 Å². The van der Waals surface area contributed by atoms with Gasteiger partial charge < -0.3 is 14.8 Å². The summed E-state index contributed by atoms with van der Waals surface area (Å²) in [5, 5.41) is 3.43. The maximum Gasteiger partial charge on any atom is 0.241 e. The number of rotatable bonds is 4. The number of piperidine rings is 1. The number of ether oxygens (including phenoxy) is 2. The molecular weight excluding hydrogens is 262 g/mol. The highest BCUT2D eigenvalue weighted by molar-refractivity contribution is 5.45. The quantitative estimate of drug-likeness (QED) is 0.911. The lowest BCUT2D eigenvalue weighted by atomic mass is 9.84. The fourth-order valence-corrected chi connectivity index (χ4v) is 3.39. The summed E-state index contributed by atoms with van der Waals surface area (Å²) >= 11 is 0. The van der Waals surface area contributed by atoms with E-state index in [9.17, 15) is 0 Å². The molecule has 1 saturated heterocycles. The standard InChI is InChI=1S/C18H27NO2/c1-12(2)15-4-5-16-17(11-15)21-18(20-16)10-13(3)14-6-8-19-9-7-14/h4-5,11-14,18-19H,6-10H2,1-3H3. The molecule has 2 aliphatic heterocycles. The molecule has 0 amide bonds. The minimum atomic E-state index is -0.104. The molecule has 1 N–H and O–H groups in total. The molecule has 2 unspecified atom stereocenters. The highest BCUT2D eigenvalue weighted by atomic mass is 16.7. The van der Waals surface area contributed by atoms with E-state index < -0.39 is 0 Å². The Morgan fingerprint density at radius 1 is 1.10 bits per heavy atom. The van der Waals surface area contributed by atoms with Gasteiger partial charge in [-0.2, -0.15) is 0 Å². The van der Waals surface area contributed by atoms with E-state index in [0.29, 0.717) is 11.8 Å². The number of fused-ring (bicyclic) bond motifs is 1. The molecule has 0 aliphatic carbocycles. The van der Waals surface area contributed by atoms with E-state index in [2.05, 4.69) is 44.3 Å². The van der Waals surface area contributed by atoms with E-state index in [1.54, 1.807) is 0 Å². The predicted octanol–water partition coefficient (Wildman–Crippen LogP) is 3.93. The van der Waals surface area contributed by atoms with Crippen molar-refractivity contribution in [3.63, 3.8) is 0 Å². The SMILES string of the molecule is CC(C)c1ccc2c(c1)OC(CC(C)C1CCNCC1)O2. The molecular formula is C18H27NO2. The second-order valence-electron chi connectivity index (χ2n) is 6.83. The molecule has 0 bridgehead atoms. The van der Waals surface area contributed by atoms with Crippen LogP contribution in [-0.2, 0) is 0 Å². The molecule has 0 saturated carbocycles. The van der Waals surface area contributed by atoms with Gasteiger partial charge in [-0.25, -0.2) is 0 Å². The molecule has 3 heteroatoms. The van der Waals surface area contributed by atoms with Crippen molar-refractivity contribution in [2.75, 3.05) is 13.1 Å². The smallest absolute Gasteiger partial charge is 0.241 e. The lowest BCUT2D eigenvalue weighted by Gasteiger charge is -2.29. The average Bonchev–Trinajstić information content (AvgIpc) is 2.89. The monoisotopic (exact) mass is 289 g/mol. The Hall–Kier alpha value is -1.22. The van der Waals surface area contributed by atoms with Crippen molar-refractivity contribution in [3.05, 3.63) is 23.8 Å². The van der Waals surface area contributed by atoms with Crippen molar-refractivity contribution >= 4 is 0 Å². The van der Waals surface area contributed by atoms with Crippen molar-refractivity contribution in [1.29, 1.82) is 0 Å². The van der Waals surface area contributed by atoms with E-state index in [1.807, 2.05) is 0 Å². The first-order chi connectivity index (χ1) is 10.1. The van der Waals surface area contributed by atoms with E-state index in [-0.39, 0.29) is 6.29 Å². The van der Waals surface area contributed by atoms with Crippen LogP contribution in [0.3, 0.4) is 0 Å². The number of benzene rings is 1. The normalized spacial score (nSPS) is 23.5. The van der Waals surface area contributed by atoms with Crippen molar-refractivity contribution in [3.8, 4) is 11.5 Å².